The summed E-state index contributed by atoms with van der Waals surface area (Å²) in [5.41, 5.74) is -0.145. The van der Waals surface area contributed by atoms with Crippen LogP contribution < -0.4 is 5.32 Å². The summed E-state index contributed by atoms with van der Waals surface area (Å²) in [6, 6.07) is 3.55. The third-order valence-electron chi connectivity index (χ3n) is 3.16. The third kappa shape index (κ3) is 4.03. The fraction of sp³-hybridized carbons (Fsp3) is 0.571. The molecule has 1 atom stereocenters. The molecule has 1 aromatic carbocycles. The van der Waals surface area contributed by atoms with E-state index in [1.807, 2.05) is 13.8 Å². The van der Waals surface area contributed by atoms with Gasteiger partial charge in [-0.2, -0.15) is 0 Å². The van der Waals surface area contributed by atoms with Gasteiger partial charge in [0, 0.05) is 18.7 Å². The Labute approximate surface area is 107 Å². The fourth-order valence-corrected chi connectivity index (χ4v) is 1.72. The van der Waals surface area contributed by atoms with E-state index in [1.54, 1.807) is 14.0 Å². The van der Waals surface area contributed by atoms with Gasteiger partial charge in [-0.1, -0.05) is 6.07 Å². The number of methoxy groups -OCH3 is 1. The third-order valence-corrected chi connectivity index (χ3v) is 3.16. The summed E-state index contributed by atoms with van der Waals surface area (Å²) in [7, 11) is 1.65. The Hall–Kier alpha value is -1.00. The topological polar surface area (TPSA) is 21.3 Å². The summed E-state index contributed by atoms with van der Waals surface area (Å²) in [6.45, 7) is 6.34. The largest absolute Gasteiger partial charge is 0.379 e. The highest BCUT2D eigenvalue weighted by Crippen LogP contribution is 2.20. The number of nitrogens with one attached hydrogen (secondary N) is 1. The van der Waals surface area contributed by atoms with Crippen LogP contribution in [0.15, 0.2) is 18.2 Å². The molecule has 2 nitrogen and oxygen atoms in total. The summed E-state index contributed by atoms with van der Waals surface area (Å²) in [5, 5.41) is 3.11. The van der Waals surface area contributed by atoms with Crippen molar-refractivity contribution in [3.8, 4) is 0 Å². The molecule has 0 bridgehead atoms. The smallest absolute Gasteiger partial charge is 0.130 e. The van der Waals surface area contributed by atoms with E-state index in [9.17, 15) is 8.78 Å². The van der Waals surface area contributed by atoms with Crippen LogP contribution in [-0.2, 0) is 4.74 Å². The first kappa shape index (κ1) is 15.1. The molecule has 0 saturated carbocycles. The van der Waals surface area contributed by atoms with E-state index in [2.05, 4.69) is 5.32 Å². The van der Waals surface area contributed by atoms with Crippen LogP contribution in [0, 0.1) is 11.6 Å². The summed E-state index contributed by atoms with van der Waals surface area (Å²) in [4.78, 5) is 0. The van der Waals surface area contributed by atoms with Gasteiger partial charge in [-0.05, 0) is 45.9 Å². The molecule has 4 heteroatoms. The number of hydrogen-bond acceptors (Lipinski definition) is 2. The van der Waals surface area contributed by atoms with E-state index < -0.39 is 11.6 Å². The van der Waals surface area contributed by atoms with E-state index in [0.717, 1.165) is 6.42 Å². The van der Waals surface area contributed by atoms with Crippen molar-refractivity contribution in [3.63, 3.8) is 0 Å². The molecule has 0 aromatic heterocycles. The van der Waals surface area contributed by atoms with E-state index in [0.29, 0.717) is 6.54 Å². The first-order chi connectivity index (χ1) is 8.37. The predicted molar refractivity (Wildman–Crippen MR) is 68.5 cm³/mol. The lowest BCUT2D eigenvalue weighted by Crippen LogP contribution is -2.30. The molecule has 1 unspecified atom stereocenters. The Balaban J connectivity index is 2.58. The zero-order chi connectivity index (χ0) is 13.8. The average Bonchev–Trinajstić information content (AvgIpc) is 2.28. The van der Waals surface area contributed by atoms with Crippen LogP contribution in [0.2, 0.25) is 0 Å². The van der Waals surface area contributed by atoms with Crippen LogP contribution in [0.4, 0.5) is 8.78 Å². The Morgan fingerprint density at radius 2 is 1.83 bits per heavy atom. The highest BCUT2D eigenvalue weighted by Gasteiger charge is 2.18. The molecule has 0 radical (unpaired) electrons. The van der Waals surface area contributed by atoms with Crippen molar-refractivity contribution in [2.45, 2.75) is 38.8 Å². The average molecular weight is 257 g/mol. The molecule has 0 aliphatic carbocycles. The summed E-state index contributed by atoms with van der Waals surface area (Å²) < 4.78 is 32.3. The Morgan fingerprint density at radius 3 is 2.33 bits per heavy atom. The lowest BCUT2D eigenvalue weighted by atomic mass is 10.0. The van der Waals surface area contributed by atoms with Gasteiger partial charge in [0.25, 0.3) is 0 Å². The van der Waals surface area contributed by atoms with Crippen LogP contribution >= 0.6 is 0 Å². The molecule has 0 saturated heterocycles. The van der Waals surface area contributed by atoms with Crippen LogP contribution in [0.3, 0.4) is 0 Å². The molecule has 0 amide bonds. The predicted octanol–water partition coefficient (Wildman–Crippen LogP) is 3.43. The van der Waals surface area contributed by atoms with Gasteiger partial charge in [0.05, 0.1) is 5.60 Å². The SMILES string of the molecule is COC(C)(C)CCNC(C)c1c(F)cccc1F. The number of hydrogen-bond donors (Lipinski definition) is 1. The molecule has 0 aliphatic rings. The molecular weight excluding hydrogens is 236 g/mol. The maximum Gasteiger partial charge on any atom is 0.130 e. The molecule has 1 aromatic rings. The van der Waals surface area contributed by atoms with Crippen molar-refractivity contribution in [3.05, 3.63) is 35.4 Å². The minimum Gasteiger partial charge on any atom is -0.379 e. The summed E-state index contributed by atoms with van der Waals surface area (Å²) in [6.07, 6.45) is 0.768. The number of halogens is 2. The lowest BCUT2D eigenvalue weighted by Gasteiger charge is -2.24. The first-order valence-corrected chi connectivity index (χ1v) is 6.10. The van der Waals surface area contributed by atoms with Crippen LogP contribution in [0.1, 0.15) is 38.8 Å². The second kappa shape index (κ2) is 6.25. The van der Waals surface area contributed by atoms with Crippen molar-refractivity contribution in [1.82, 2.24) is 5.32 Å². The highest BCUT2D eigenvalue weighted by atomic mass is 19.1. The quantitative estimate of drug-likeness (QED) is 0.843. The van der Waals surface area contributed by atoms with Crippen molar-refractivity contribution < 1.29 is 13.5 Å². The van der Waals surface area contributed by atoms with E-state index in [4.69, 9.17) is 4.74 Å². The fourth-order valence-electron chi connectivity index (χ4n) is 1.72. The van der Waals surface area contributed by atoms with Gasteiger partial charge in [0.15, 0.2) is 0 Å². The van der Waals surface area contributed by atoms with E-state index in [1.165, 1.54) is 18.2 Å². The van der Waals surface area contributed by atoms with Crippen molar-refractivity contribution in [2.24, 2.45) is 0 Å². The number of benzene rings is 1. The molecule has 18 heavy (non-hydrogen) atoms. The van der Waals surface area contributed by atoms with Crippen LogP contribution in [-0.4, -0.2) is 19.3 Å². The minimum absolute atomic E-state index is 0.0905. The second-order valence-corrected chi connectivity index (χ2v) is 5.02. The zero-order valence-corrected chi connectivity index (χ0v) is 11.4. The van der Waals surface area contributed by atoms with E-state index in [-0.39, 0.29) is 17.2 Å². The molecule has 1 N–H and O–H groups in total. The van der Waals surface area contributed by atoms with E-state index >= 15 is 0 Å². The molecule has 0 aliphatic heterocycles. The van der Waals surface area contributed by atoms with Gasteiger partial charge < -0.3 is 10.1 Å². The normalized spacial score (nSPS) is 13.7. The van der Waals surface area contributed by atoms with Crippen LogP contribution in [0.5, 0.6) is 0 Å². The molecule has 0 spiro atoms. The van der Waals surface area contributed by atoms with Gasteiger partial charge >= 0.3 is 0 Å². The first-order valence-electron chi connectivity index (χ1n) is 6.10. The van der Waals surface area contributed by atoms with Gasteiger partial charge in [0.1, 0.15) is 11.6 Å². The molecular formula is C14H21F2NO. The Morgan fingerprint density at radius 1 is 1.28 bits per heavy atom. The summed E-state index contributed by atoms with van der Waals surface area (Å²) in [5.74, 6) is -1.03. The van der Waals surface area contributed by atoms with Crippen molar-refractivity contribution in [2.75, 3.05) is 13.7 Å². The molecule has 0 heterocycles. The molecule has 102 valence electrons. The molecule has 1 rings (SSSR count). The monoisotopic (exact) mass is 257 g/mol. The number of ether oxygens (including phenoxy) is 1. The minimum atomic E-state index is -0.513. The van der Waals surface area contributed by atoms with Crippen LogP contribution in [0.25, 0.3) is 0 Å². The van der Waals surface area contributed by atoms with Gasteiger partial charge in [0.2, 0.25) is 0 Å². The standard InChI is InChI=1S/C14H21F2NO/c1-10(17-9-8-14(2,3)18-4)13-11(15)6-5-7-12(13)16/h5-7,10,17H,8-9H2,1-4H3. The summed E-state index contributed by atoms with van der Waals surface area (Å²) >= 11 is 0. The maximum absolute atomic E-state index is 13.5. The van der Waals surface area contributed by atoms with Crippen molar-refractivity contribution >= 4 is 0 Å². The second-order valence-electron chi connectivity index (χ2n) is 5.02. The lowest BCUT2D eigenvalue weighted by molar-refractivity contribution is 0.0154. The van der Waals surface area contributed by atoms with Gasteiger partial charge in [-0.25, -0.2) is 8.78 Å². The number of rotatable bonds is 6. The maximum atomic E-state index is 13.5. The Bertz CT molecular complexity index is 373. The highest BCUT2D eigenvalue weighted by molar-refractivity contribution is 5.22. The van der Waals surface area contributed by atoms with Gasteiger partial charge in [-0.15, -0.1) is 0 Å². The molecule has 0 fully saturated rings. The zero-order valence-electron chi connectivity index (χ0n) is 11.4. The Kier molecular flexibility index (Phi) is 5.23. The van der Waals surface area contributed by atoms with Gasteiger partial charge in [-0.3, -0.25) is 0 Å². The van der Waals surface area contributed by atoms with Crippen molar-refractivity contribution in [1.29, 1.82) is 0 Å².